The first-order chi connectivity index (χ1) is 11.7. The average molecular weight is 338 g/mol. The Balaban J connectivity index is 2.06. The Bertz CT molecular complexity index is 1050. The second kappa shape index (κ2) is 5.83. The first-order valence-corrected chi connectivity index (χ1v) is 8.32. The third-order valence-corrected chi connectivity index (χ3v) is 4.39. The lowest BCUT2D eigenvalue weighted by atomic mass is 10.1. The Hall–Kier alpha value is -2.53. The van der Waals surface area contributed by atoms with E-state index in [2.05, 4.69) is 39.2 Å². The van der Waals surface area contributed by atoms with Crippen LogP contribution in [-0.4, -0.2) is 24.6 Å². The molecule has 0 radical (unpaired) electrons. The first-order valence-electron chi connectivity index (χ1n) is 7.94. The molecule has 1 aromatic carbocycles. The fourth-order valence-corrected chi connectivity index (χ4v) is 3.16. The van der Waals surface area contributed by atoms with Gasteiger partial charge >= 0.3 is 0 Å². The van der Waals surface area contributed by atoms with Gasteiger partial charge in [0, 0.05) is 11.8 Å². The molecule has 0 aliphatic rings. The zero-order valence-electron chi connectivity index (χ0n) is 13.5. The molecule has 120 valence electrons. The molecule has 0 bridgehead atoms. The summed E-state index contributed by atoms with van der Waals surface area (Å²) in [4.78, 5) is 9.04. The minimum Gasteiger partial charge on any atom is -0.255 e. The van der Waals surface area contributed by atoms with Gasteiger partial charge in [0.15, 0.2) is 17.1 Å². The van der Waals surface area contributed by atoms with Crippen molar-refractivity contribution in [3.63, 3.8) is 0 Å². The molecule has 0 saturated carbocycles. The summed E-state index contributed by atoms with van der Waals surface area (Å²) in [5.41, 5.74) is 5.16. The van der Waals surface area contributed by atoms with Crippen molar-refractivity contribution in [3.05, 3.63) is 52.8 Å². The molecule has 0 aliphatic heterocycles. The first kappa shape index (κ1) is 15.0. The molecule has 24 heavy (non-hydrogen) atoms. The predicted octanol–water partition coefficient (Wildman–Crippen LogP) is 4.25. The van der Waals surface area contributed by atoms with Crippen LogP contribution in [-0.2, 0) is 6.42 Å². The van der Waals surface area contributed by atoms with Gasteiger partial charge in [-0.2, -0.15) is 0 Å². The number of rotatable bonds is 3. The van der Waals surface area contributed by atoms with E-state index in [0.29, 0.717) is 16.5 Å². The number of benzene rings is 1. The van der Waals surface area contributed by atoms with Crippen LogP contribution in [0.25, 0.3) is 28.2 Å². The van der Waals surface area contributed by atoms with Crippen LogP contribution in [0.3, 0.4) is 0 Å². The van der Waals surface area contributed by atoms with Crippen molar-refractivity contribution in [2.75, 3.05) is 0 Å². The molecule has 3 heterocycles. The number of aromatic nitrogens is 5. The maximum absolute atomic E-state index is 6.46. The van der Waals surface area contributed by atoms with E-state index in [1.165, 1.54) is 5.56 Å². The molecule has 0 aliphatic carbocycles. The van der Waals surface area contributed by atoms with Crippen LogP contribution in [0, 0.1) is 6.92 Å². The minimum absolute atomic E-state index is 0.655. The van der Waals surface area contributed by atoms with E-state index in [-0.39, 0.29) is 0 Å². The van der Waals surface area contributed by atoms with Crippen LogP contribution >= 0.6 is 11.6 Å². The number of hydrogen-bond donors (Lipinski definition) is 0. The molecule has 0 amide bonds. The third kappa shape index (κ3) is 2.32. The maximum Gasteiger partial charge on any atom is 0.184 e. The van der Waals surface area contributed by atoms with Crippen molar-refractivity contribution in [3.8, 4) is 11.4 Å². The van der Waals surface area contributed by atoms with E-state index in [0.717, 1.165) is 35.3 Å². The van der Waals surface area contributed by atoms with Gasteiger partial charge in [0.1, 0.15) is 5.52 Å². The summed E-state index contributed by atoms with van der Waals surface area (Å²) in [6.45, 7) is 4.09. The minimum atomic E-state index is 0.655. The van der Waals surface area contributed by atoms with Crippen LogP contribution in [0.5, 0.6) is 0 Å². The highest BCUT2D eigenvalue weighted by Crippen LogP contribution is 2.30. The van der Waals surface area contributed by atoms with Gasteiger partial charge in [-0.05, 0) is 43.2 Å². The monoisotopic (exact) mass is 337 g/mol. The molecular formula is C18H16ClN5. The Morgan fingerprint density at radius 2 is 2.00 bits per heavy atom. The normalized spacial score (nSPS) is 11.5. The van der Waals surface area contributed by atoms with E-state index in [1.807, 2.05) is 29.5 Å². The van der Waals surface area contributed by atoms with Gasteiger partial charge < -0.3 is 0 Å². The fourth-order valence-electron chi connectivity index (χ4n) is 2.96. The molecule has 0 atom stereocenters. The van der Waals surface area contributed by atoms with Crippen molar-refractivity contribution in [1.82, 2.24) is 24.6 Å². The summed E-state index contributed by atoms with van der Waals surface area (Å²) < 4.78 is 1.94. The fraction of sp³-hybridized carbons (Fsp3) is 0.222. The van der Waals surface area contributed by atoms with E-state index in [4.69, 9.17) is 11.6 Å². The third-order valence-electron chi connectivity index (χ3n) is 4.06. The quantitative estimate of drug-likeness (QED) is 0.560. The lowest BCUT2D eigenvalue weighted by Crippen LogP contribution is -1.99. The number of hydrogen-bond acceptors (Lipinski definition) is 4. The summed E-state index contributed by atoms with van der Waals surface area (Å²) in [6.07, 6.45) is 3.83. The molecule has 0 saturated heterocycles. The second-order valence-electron chi connectivity index (χ2n) is 5.79. The number of aryl methyl sites for hydroxylation is 2. The van der Waals surface area contributed by atoms with Crippen LogP contribution in [0.2, 0.25) is 5.02 Å². The van der Waals surface area contributed by atoms with Crippen LogP contribution < -0.4 is 0 Å². The lowest BCUT2D eigenvalue weighted by Gasteiger charge is -2.08. The summed E-state index contributed by atoms with van der Waals surface area (Å²) >= 11 is 6.46. The highest BCUT2D eigenvalue weighted by atomic mass is 35.5. The van der Waals surface area contributed by atoms with E-state index >= 15 is 0 Å². The van der Waals surface area contributed by atoms with Crippen LogP contribution in [0.4, 0.5) is 0 Å². The SMILES string of the molecule is CCCc1ccc(Cl)c(-c2nnc3c(C)nc4cccnc4n23)c1. The van der Waals surface area contributed by atoms with Crippen molar-refractivity contribution < 1.29 is 0 Å². The summed E-state index contributed by atoms with van der Waals surface area (Å²) in [6, 6.07) is 9.88. The Morgan fingerprint density at radius 1 is 1.12 bits per heavy atom. The average Bonchev–Trinajstić information content (AvgIpc) is 3.03. The van der Waals surface area contributed by atoms with Gasteiger partial charge in [-0.3, -0.25) is 4.40 Å². The van der Waals surface area contributed by atoms with Crippen molar-refractivity contribution in [1.29, 1.82) is 0 Å². The Labute approximate surface area is 144 Å². The van der Waals surface area contributed by atoms with Crippen LogP contribution in [0.15, 0.2) is 36.5 Å². The topological polar surface area (TPSA) is 56.0 Å². The highest BCUT2D eigenvalue weighted by molar-refractivity contribution is 6.33. The Kier molecular flexibility index (Phi) is 3.65. The molecule has 0 unspecified atom stereocenters. The van der Waals surface area contributed by atoms with Gasteiger partial charge in [0.05, 0.1) is 10.7 Å². The van der Waals surface area contributed by atoms with Gasteiger partial charge in [0.25, 0.3) is 0 Å². The molecule has 5 nitrogen and oxygen atoms in total. The molecule has 0 N–H and O–H groups in total. The molecule has 0 fully saturated rings. The molecule has 4 aromatic rings. The van der Waals surface area contributed by atoms with Crippen LogP contribution in [0.1, 0.15) is 24.6 Å². The van der Waals surface area contributed by atoms with E-state index in [9.17, 15) is 0 Å². The molecule has 0 spiro atoms. The van der Waals surface area contributed by atoms with E-state index in [1.54, 1.807) is 6.20 Å². The number of pyridine rings is 1. The van der Waals surface area contributed by atoms with Gasteiger partial charge in [0.2, 0.25) is 0 Å². The zero-order chi connectivity index (χ0) is 16.7. The van der Waals surface area contributed by atoms with Crippen molar-refractivity contribution in [2.45, 2.75) is 26.7 Å². The van der Waals surface area contributed by atoms with Gasteiger partial charge in [-0.15, -0.1) is 10.2 Å². The van der Waals surface area contributed by atoms with Crippen molar-refractivity contribution in [2.24, 2.45) is 0 Å². The standard InChI is InChI=1S/C18H16ClN5/c1-3-5-12-7-8-14(19)13(10-12)17-23-22-16-11(2)21-15-6-4-9-20-18(15)24(16)17/h4,6-10H,3,5H2,1-2H3. The molecule has 6 heteroatoms. The van der Waals surface area contributed by atoms with Gasteiger partial charge in [-0.1, -0.05) is 31.0 Å². The number of fused-ring (bicyclic) bond motifs is 3. The van der Waals surface area contributed by atoms with Crippen molar-refractivity contribution >= 4 is 28.4 Å². The Morgan fingerprint density at radius 3 is 2.83 bits per heavy atom. The summed E-state index contributed by atoms with van der Waals surface area (Å²) in [5.74, 6) is 0.696. The lowest BCUT2D eigenvalue weighted by molar-refractivity contribution is 0.921. The second-order valence-corrected chi connectivity index (χ2v) is 6.20. The largest absolute Gasteiger partial charge is 0.255 e. The predicted molar refractivity (Wildman–Crippen MR) is 95.3 cm³/mol. The zero-order valence-corrected chi connectivity index (χ0v) is 14.2. The van der Waals surface area contributed by atoms with E-state index < -0.39 is 0 Å². The summed E-state index contributed by atoms with van der Waals surface area (Å²) in [5, 5.41) is 9.36. The number of halogens is 1. The molecule has 4 rings (SSSR count). The number of nitrogens with zero attached hydrogens (tertiary/aromatic N) is 5. The summed E-state index contributed by atoms with van der Waals surface area (Å²) in [7, 11) is 0. The molecule has 3 aromatic heterocycles. The highest BCUT2D eigenvalue weighted by Gasteiger charge is 2.17. The maximum atomic E-state index is 6.46. The smallest absolute Gasteiger partial charge is 0.184 e. The molecular weight excluding hydrogens is 322 g/mol. The van der Waals surface area contributed by atoms with Gasteiger partial charge in [-0.25, -0.2) is 9.97 Å².